The van der Waals surface area contributed by atoms with Crippen LogP contribution in [0.2, 0.25) is 0 Å². The first-order valence-corrected chi connectivity index (χ1v) is 10.4. The molecule has 0 spiro atoms. The third-order valence-electron chi connectivity index (χ3n) is 5.12. The molecule has 1 aliphatic heterocycles. The Kier molecular flexibility index (Phi) is 7.28. The maximum absolute atomic E-state index is 12.1. The van der Waals surface area contributed by atoms with Crippen molar-refractivity contribution in [2.24, 2.45) is 11.8 Å². The van der Waals surface area contributed by atoms with E-state index in [1.165, 1.54) is 13.4 Å². The highest BCUT2D eigenvalue weighted by molar-refractivity contribution is 5.90. The van der Waals surface area contributed by atoms with Crippen molar-refractivity contribution < 1.29 is 19.1 Å². The topological polar surface area (TPSA) is 120 Å². The van der Waals surface area contributed by atoms with E-state index in [2.05, 4.69) is 20.2 Å². The quantitative estimate of drug-likeness (QED) is 0.642. The van der Waals surface area contributed by atoms with Crippen molar-refractivity contribution in [3.63, 3.8) is 0 Å². The zero-order valence-corrected chi connectivity index (χ0v) is 18.1. The number of hydrogen-bond acceptors (Lipinski definition) is 9. The lowest BCUT2D eigenvalue weighted by Gasteiger charge is -2.32. The molecule has 0 bridgehead atoms. The van der Waals surface area contributed by atoms with Crippen molar-refractivity contribution in [1.29, 1.82) is 0 Å². The zero-order valence-electron chi connectivity index (χ0n) is 18.1. The fourth-order valence-corrected chi connectivity index (χ4v) is 3.38. The summed E-state index contributed by atoms with van der Waals surface area (Å²) >= 11 is 0. The summed E-state index contributed by atoms with van der Waals surface area (Å²) in [4.78, 5) is 34.4. The van der Waals surface area contributed by atoms with E-state index in [0.29, 0.717) is 55.4 Å². The van der Waals surface area contributed by atoms with Gasteiger partial charge in [0.25, 0.3) is 0 Å². The van der Waals surface area contributed by atoms with Crippen molar-refractivity contribution in [1.82, 2.24) is 9.97 Å². The average molecular weight is 428 g/mol. The number of piperidine rings is 1. The highest BCUT2D eigenvalue weighted by Gasteiger charge is 2.27. The molecule has 3 rings (SSSR count). The minimum absolute atomic E-state index is 0.0901. The molecule has 2 heterocycles. The number of carbonyl (C=O) groups is 2. The van der Waals surface area contributed by atoms with Gasteiger partial charge in [-0.25, -0.2) is 14.8 Å². The third kappa shape index (κ3) is 5.62. The molecule has 0 aliphatic carbocycles. The summed E-state index contributed by atoms with van der Waals surface area (Å²) in [5.41, 5.74) is 7.98. The maximum Gasteiger partial charge on any atom is 0.338 e. The number of carbonyl (C=O) groups excluding carboxylic acids is 2. The van der Waals surface area contributed by atoms with Gasteiger partial charge in [0, 0.05) is 18.8 Å². The monoisotopic (exact) mass is 427 g/mol. The van der Waals surface area contributed by atoms with E-state index in [9.17, 15) is 9.59 Å². The smallest absolute Gasteiger partial charge is 0.338 e. The maximum atomic E-state index is 12.1. The Morgan fingerprint density at radius 2 is 1.87 bits per heavy atom. The number of methoxy groups -OCH3 is 1. The van der Waals surface area contributed by atoms with Crippen LogP contribution in [0.3, 0.4) is 0 Å². The number of rotatable bonds is 7. The van der Waals surface area contributed by atoms with Crippen molar-refractivity contribution in [2.75, 3.05) is 42.8 Å². The Labute approximate surface area is 182 Å². The lowest BCUT2D eigenvalue weighted by molar-refractivity contribution is -0.146. The number of nitrogen functional groups attached to an aromatic ring is 1. The van der Waals surface area contributed by atoms with Crippen LogP contribution in [-0.2, 0) is 14.3 Å². The number of benzene rings is 1. The van der Waals surface area contributed by atoms with Gasteiger partial charge >= 0.3 is 11.9 Å². The number of esters is 2. The normalized spacial score (nSPS) is 14.4. The Hall–Kier alpha value is -3.36. The van der Waals surface area contributed by atoms with Gasteiger partial charge < -0.3 is 25.4 Å². The lowest BCUT2D eigenvalue weighted by Crippen LogP contribution is -2.37. The minimum Gasteiger partial charge on any atom is -0.469 e. The predicted octanol–water partition coefficient (Wildman–Crippen LogP) is 3.00. The molecule has 9 heteroatoms. The summed E-state index contributed by atoms with van der Waals surface area (Å²) in [6, 6.07) is 6.94. The molecule has 0 radical (unpaired) electrons. The standard InChI is InChI=1S/C22H29N5O4/c1-14(2)12-31-22(29)15-4-6-17(7-5-15)26-19-18(23)20(25-13-24-19)27-10-8-16(9-11-27)21(28)30-3/h4-7,13-14,16H,8-12,23H2,1-3H3,(H,24,25,26). The second-order valence-corrected chi connectivity index (χ2v) is 7.94. The summed E-state index contributed by atoms with van der Waals surface area (Å²) in [5, 5.41) is 3.18. The van der Waals surface area contributed by atoms with E-state index in [-0.39, 0.29) is 23.8 Å². The summed E-state index contributed by atoms with van der Waals surface area (Å²) in [7, 11) is 1.41. The molecular formula is C22H29N5O4. The molecule has 1 aromatic carbocycles. The minimum atomic E-state index is -0.348. The molecule has 1 aromatic heterocycles. The van der Waals surface area contributed by atoms with Crippen LogP contribution in [0.4, 0.5) is 23.0 Å². The first kappa shape index (κ1) is 22.3. The van der Waals surface area contributed by atoms with Gasteiger partial charge in [-0.15, -0.1) is 0 Å². The van der Waals surface area contributed by atoms with E-state index in [4.69, 9.17) is 15.2 Å². The zero-order chi connectivity index (χ0) is 22.4. The van der Waals surface area contributed by atoms with Crippen molar-refractivity contribution in [3.8, 4) is 0 Å². The van der Waals surface area contributed by atoms with Crippen LogP contribution in [0.25, 0.3) is 0 Å². The van der Waals surface area contributed by atoms with Crippen LogP contribution in [0, 0.1) is 11.8 Å². The predicted molar refractivity (Wildman–Crippen MR) is 118 cm³/mol. The molecule has 3 N–H and O–H groups in total. The molecule has 0 atom stereocenters. The SMILES string of the molecule is COC(=O)C1CCN(c2ncnc(Nc3ccc(C(=O)OCC(C)C)cc3)c2N)CC1. The first-order chi connectivity index (χ1) is 14.9. The third-order valence-corrected chi connectivity index (χ3v) is 5.12. The van der Waals surface area contributed by atoms with Crippen LogP contribution >= 0.6 is 0 Å². The summed E-state index contributed by atoms with van der Waals surface area (Å²) in [5.74, 6) is 0.789. The first-order valence-electron chi connectivity index (χ1n) is 10.4. The number of aromatic nitrogens is 2. The second kappa shape index (κ2) is 10.1. The average Bonchev–Trinajstić information content (AvgIpc) is 2.79. The number of nitrogens with zero attached hydrogens (tertiary/aromatic N) is 3. The van der Waals surface area contributed by atoms with Gasteiger partial charge in [-0.3, -0.25) is 4.79 Å². The van der Waals surface area contributed by atoms with Crippen LogP contribution in [0.5, 0.6) is 0 Å². The molecule has 9 nitrogen and oxygen atoms in total. The van der Waals surface area contributed by atoms with E-state index < -0.39 is 0 Å². The largest absolute Gasteiger partial charge is 0.469 e. The molecule has 2 aromatic rings. The summed E-state index contributed by atoms with van der Waals surface area (Å²) in [6.07, 6.45) is 2.83. The van der Waals surface area contributed by atoms with Crippen LogP contribution in [0.1, 0.15) is 37.0 Å². The van der Waals surface area contributed by atoms with Gasteiger partial charge in [0.05, 0.1) is 25.2 Å². The molecule has 1 fully saturated rings. The fourth-order valence-electron chi connectivity index (χ4n) is 3.38. The number of ether oxygens (including phenoxy) is 2. The van der Waals surface area contributed by atoms with Crippen LogP contribution in [0.15, 0.2) is 30.6 Å². The van der Waals surface area contributed by atoms with E-state index >= 15 is 0 Å². The highest BCUT2D eigenvalue weighted by Crippen LogP contribution is 2.31. The van der Waals surface area contributed by atoms with Gasteiger partial charge in [-0.1, -0.05) is 13.8 Å². The fraction of sp³-hybridized carbons (Fsp3) is 0.455. The van der Waals surface area contributed by atoms with Gasteiger partial charge in [0.2, 0.25) is 0 Å². The molecule has 31 heavy (non-hydrogen) atoms. The van der Waals surface area contributed by atoms with E-state index in [1.54, 1.807) is 24.3 Å². The lowest BCUT2D eigenvalue weighted by atomic mass is 9.97. The molecule has 0 saturated carbocycles. The summed E-state index contributed by atoms with van der Waals surface area (Å²) < 4.78 is 10.1. The number of nitrogens with one attached hydrogen (secondary N) is 1. The number of nitrogens with two attached hydrogens (primary N) is 1. The van der Waals surface area contributed by atoms with Gasteiger partial charge in [0.1, 0.15) is 12.0 Å². The Morgan fingerprint density at radius 3 is 2.48 bits per heavy atom. The van der Waals surface area contributed by atoms with Crippen LogP contribution in [-0.4, -0.2) is 48.7 Å². The van der Waals surface area contributed by atoms with Gasteiger partial charge in [-0.2, -0.15) is 0 Å². The second-order valence-electron chi connectivity index (χ2n) is 7.94. The van der Waals surface area contributed by atoms with Crippen molar-refractivity contribution >= 4 is 34.9 Å². The van der Waals surface area contributed by atoms with Crippen molar-refractivity contribution in [3.05, 3.63) is 36.2 Å². The molecule has 1 saturated heterocycles. The number of anilines is 4. The Balaban J connectivity index is 1.65. The number of hydrogen-bond donors (Lipinski definition) is 2. The summed E-state index contributed by atoms with van der Waals surface area (Å²) in [6.45, 7) is 5.68. The van der Waals surface area contributed by atoms with Gasteiger partial charge in [0.15, 0.2) is 11.6 Å². The Morgan fingerprint density at radius 1 is 1.19 bits per heavy atom. The molecular weight excluding hydrogens is 398 g/mol. The van der Waals surface area contributed by atoms with E-state index in [1.807, 2.05) is 13.8 Å². The van der Waals surface area contributed by atoms with Crippen LogP contribution < -0.4 is 16.0 Å². The highest BCUT2D eigenvalue weighted by atomic mass is 16.5. The molecule has 0 unspecified atom stereocenters. The molecule has 1 aliphatic rings. The molecule has 166 valence electrons. The molecule has 0 amide bonds. The van der Waals surface area contributed by atoms with Gasteiger partial charge in [-0.05, 0) is 43.0 Å². The Bertz CT molecular complexity index is 909. The van der Waals surface area contributed by atoms with Crippen molar-refractivity contribution in [2.45, 2.75) is 26.7 Å². The van der Waals surface area contributed by atoms with E-state index in [0.717, 1.165) is 5.69 Å².